The zero-order valence-corrected chi connectivity index (χ0v) is 53.4. The van der Waals surface area contributed by atoms with Crippen molar-refractivity contribution in [2.24, 2.45) is 0 Å². The van der Waals surface area contributed by atoms with E-state index in [9.17, 15) is 14.4 Å². The molecule has 1 atom stereocenters. The Morgan fingerprint density at radius 2 is 0.456 bits per heavy atom. The fraction of sp³-hybridized carbons (Fsp3) is 0.877. The first-order valence-corrected chi connectivity index (χ1v) is 35.5. The molecule has 0 aromatic heterocycles. The molecule has 0 saturated carbocycles. The summed E-state index contributed by atoms with van der Waals surface area (Å²) in [5.74, 6) is -0.851. The summed E-state index contributed by atoms with van der Waals surface area (Å²) in [6, 6.07) is 0. The molecule has 0 N–H and O–H groups in total. The summed E-state index contributed by atoms with van der Waals surface area (Å²) in [5.41, 5.74) is 0. The summed E-state index contributed by atoms with van der Waals surface area (Å²) in [6.45, 7) is 6.69. The van der Waals surface area contributed by atoms with Crippen molar-refractivity contribution in [3.8, 4) is 0 Å². The normalized spacial score (nSPS) is 12.2. The predicted molar refractivity (Wildman–Crippen MR) is 344 cm³/mol. The van der Waals surface area contributed by atoms with E-state index >= 15 is 0 Å². The van der Waals surface area contributed by atoms with Gasteiger partial charge in [0.15, 0.2) is 6.10 Å². The van der Waals surface area contributed by atoms with Gasteiger partial charge in [-0.25, -0.2) is 0 Å². The van der Waals surface area contributed by atoms with Crippen LogP contribution in [0.2, 0.25) is 0 Å². The second-order valence-corrected chi connectivity index (χ2v) is 24.1. The van der Waals surface area contributed by atoms with Gasteiger partial charge in [-0.3, -0.25) is 14.4 Å². The van der Waals surface area contributed by atoms with E-state index < -0.39 is 6.10 Å². The van der Waals surface area contributed by atoms with Crippen molar-refractivity contribution in [1.29, 1.82) is 0 Å². The summed E-state index contributed by atoms with van der Waals surface area (Å²) in [4.78, 5) is 38.5. The minimum Gasteiger partial charge on any atom is -0.462 e. The van der Waals surface area contributed by atoms with Gasteiger partial charge in [0.25, 0.3) is 0 Å². The SMILES string of the molecule is CCCCC/C=C\C/C=C\CCCCCCCCCC(=O)OCC(COC(=O)CCCCCCCCCCCCCCCCCCCCCCCCC)OC(=O)CCCCCCCCCCC/C=C\CCCCCCCCCC. The first-order chi connectivity index (χ1) is 39.0. The van der Waals surface area contributed by atoms with Gasteiger partial charge in [-0.05, 0) is 77.0 Å². The summed E-state index contributed by atoms with van der Waals surface area (Å²) >= 11 is 0. The van der Waals surface area contributed by atoms with Crippen LogP contribution in [0.3, 0.4) is 0 Å². The molecule has 1 unspecified atom stereocenters. The Morgan fingerprint density at radius 1 is 0.253 bits per heavy atom. The van der Waals surface area contributed by atoms with Crippen LogP contribution in [0.5, 0.6) is 0 Å². The van der Waals surface area contributed by atoms with Crippen LogP contribution in [-0.4, -0.2) is 37.2 Å². The molecule has 0 spiro atoms. The first-order valence-electron chi connectivity index (χ1n) is 35.5. The number of esters is 3. The van der Waals surface area contributed by atoms with Gasteiger partial charge >= 0.3 is 17.9 Å². The maximum Gasteiger partial charge on any atom is 0.306 e. The van der Waals surface area contributed by atoms with E-state index in [-0.39, 0.29) is 31.1 Å². The molecule has 0 aliphatic rings. The van der Waals surface area contributed by atoms with E-state index in [2.05, 4.69) is 57.2 Å². The van der Waals surface area contributed by atoms with E-state index in [4.69, 9.17) is 14.2 Å². The Balaban J connectivity index is 4.30. The number of hydrogen-bond acceptors (Lipinski definition) is 6. The highest BCUT2D eigenvalue weighted by atomic mass is 16.6. The number of allylic oxidation sites excluding steroid dienone is 6. The molecule has 0 aromatic rings. The van der Waals surface area contributed by atoms with E-state index in [1.165, 1.54) is 283 Å². The Hall–Kier alpha value is -2.37. The van der Waals surface area contributed by atoms with Crippen molar-refractivity contribution in [3.05, 3.63) is 36.5 Å². The number of hydrogen-bond donors (Lipinski definition) is 0. The highest BCUT2D eigenvalue weighted by molar-refractivity contribution is 5.71. The molecular formula is C73H136O6. The fourth-order valence-electron chi connectivity index (χ4n) is 10.8. The lowest BCUT2D eigenvalue weighted by Crippen LogP contribution is -2.30. The predicted octanol–water partition coefficient (Wildman–Crippen LogP) is 24.3. The van der Waals surface area contributed by atoms with Crippen LogP contribution in [0.25, 0.3) is 0 Å². The Kier molecular flexibility index (Phi) is 66.1. The molecule has 0 radical (unpaired) electrons. The van der Waals surface area contributed by atoms with Gasteiger partial charge in [-0.15, -0.1) is 0 Å². The van der Waals surface area contributed by atoms with Crippen molar-refractivity contribution in [1.82, 2.24) is 0 Å². The lowest BCUT2D eigenvalue weighted by molar-refractivity contribution is -0.167. The highest BCUT2D eigenvalue weighted by Crippen LogP contribution is 2.18. The zero-order valence-electron chi connectivity index (χ0n) is 53.4. The second-order valence-electron chi connectivity index (χ2n) is 24.1. The van der Waals surface area contributed by atoms with E-state index in [1.807, 2.05) is 0 Å². The van der Waals surface area contributed by atoms with Gasteiger partial charge in [-0.1, -0.05) is 333 Å². The van der Waals surface area contributed by atoms with E-state index in [0.717, 1.165) is 70.6 Å². The van der Waals surface area contributed by atoms with Gasteiger partial charge in [0, 0.05) is 19.3 Å². The Bertz CT molecular complexity index is 1320. The molecule has 79 heavy (non-hydrogen) atoms. The van der Waals surface area contributed by atoms with Gasteiger partial charge in [-0.2, -0.15) is 0 Å². The maximum absolute atomic E-state index is 13.0. The lowest BCUT2D eigenvalue weighted by atomic mass is 10.0. The maximum atomic E-state index is 13.0. The quantitative estimate of drug-likeness (QED) is 0.0261. The second kappa shape index (κ2) is 68.1. The van der Waals surface area contributed by atoms with Crippen molar-refractivity contribution >= 4 is 17.9 Å². The van der Waals surface area contributed by atoms with Gasteiger partial charge < -0.3 is 14.2 Å². The third-order valence-corrected chi connectivity index (χ3v) is 16.1. The minimum absolute atomic E-state index is 0.0707. The molecule has 0 aromatic carbocycles. The van der Waals surface area contributed by atoms with Crippen LogP contribution in [0.1, 0.15) is 393 Å². The standard InChI is InChI=1S/C73H136O6/c1-4-7-10-13-16-19-22-25-28-31-33-35-36-38-39-42-45-48-51-54-57-60-63-66-72(75)78-69-70(68-77-71(74)65-62-59-56-53-50-47-44-41-30-27-24-21-18-15-12-9-6-3)79-73(76)67-64-61-58-55-52-49-46-43-40-37-34-32-29-26-23-20-17-14-11-8-5-2/h18,21,27,30,32,34,70H,4-17,19-20,22-26,28-29,31,33,35-69H2,1-3H3/b21-18-,30-27-,34-32-. The van der Waals surface area contributed by atoms with Crippen LogP contribution in [0, 0.1) is 0 Å². The molecule has 464 valence electrons. The lowest BCUT2D eigenvalue weighted by Gasteiger charge is -2.18. The van der Waals surface area contributed by atoms with Crippen LogP contribution in [-0.2, 0) is 28.6 Å². The number of carbonyl (C=O) groups excluding carboxylic acids is 3. The summed E-state index contributed by atoms with van der Waals surface area (Å²) in [5, 5.41) is 0. The van der Waals surface area contributed by atoms with E-state index in [0.29, 0.717) is 19.3 Å². The molecule has 0 rings (SSSR count). The zero-order chi connectivity index (χ0) is 57.1. The summed E-state index contributed by atoms with van der Waals surface area (Å²) in [7, 11) is 0. The van der Waals surface area contributed by atoms with Crippen molar-refractivity contribution in [2.75, 3.05) is 13.2 Å². The van der Waals surface area contributed by atoms with Gasteiger partial charge in [0.1, 0.15) is 13.2 Å². The molecule has 0 fully saturated rings. The van der Waals surface area contributed by atoms with Gasteiger partial charge in [0.2, 0.25) is 0 Å². The Labute approximate surface area is 493 Å². The van der Waals surface area contributed by atoms with Crippen molar-refractivity contribution < 1.29 is 28.6 Å². The average Bonchev–Trinajstić information content (AvgIpc) is 3.45. The number of unbranched alkanes of at least 4 members (excludes halogenated alkanes) is 49. The molecule has 0 aliphatic heterocycles. The van der Waals surface area contributed by atoms with Crippen molar-refractivity contribution in [3.63, 3.8) is 0 Å². The summed E-state index contributed by atoms with van der Waals surface area (Å²) in [6.07, 6.45) is 84.5. The number of carbonyl (C=O) groups is 3. The molecular weight excluding hydrogens is 973 g/mol. The average molecular weight is 1110 g/mol. The smallest absolute Gasteiger partial charge is 0.306 e. The van der Waals surface area contributed by atoms with Crippen LogP contribution in [0.4, 0.5) is 0 Å². The largest absolute Gasteiger partial charge is 0.462 e. The molecule has 0 saturated heterocycles. The van der Waals surface area contributed by atoms with Crippen LogP contribution in [0.15, 0.2) is 36.5 Å². The molecule has 6 heteroatoms. The van der Waals surface area contributed by atoms with Gasteiger partial charge in [0.05, 0.1) is 0 Å². The third kappa shape index (κ3) is 66.3. The summed E-state index contributed by atoms with van der Waals surface area (Å²) < 4.78 is 17.0. The fourth-order valence-corrected chi connectivity index (χ4v) is 10.8. The number of rotatable bonds is 66. The van der Waals surface area contributed by atoms with Crippen molar-refractivity contribution in [2.45, 2.75) is 399 Å². The topological polar surface area (TPSA) is 78.9 Å². The monoisotopic (exact) mass is 1110 g/mol. The first kappa shape index (κ1) is 76.6. The Morgan fingerprint density at radius 3 is 0.734 bits per heavy atom. The highest BCUT2D eigenvalue weighted by Gasteiger charge is 2.19. The van der Waals surface area contributed by atoms with Crippen LogP contribution < -0.4 is 0 Å². The molecule has 0 amide bonds. The third-order valence-electron chi connectivity index (χ3n) is 16.1. The molecule has 6 nitrogen and oxygen atoms in total. The molecule has 0 aliphatic carbocycles. The molecule has 0 heterocycles. The molecule has 0 bridgehead atoms. The number of ether oxygens (including phenoxy) is 3. The van der Waals surface area contributed by atoms with Crippen LogP contribution >= 0.6 is 0 Å². The van der Waals surface area contributed by atoms with E-state index in [1.54, 1.807) is 0 Å². The minimum atomic E-state index is -0.776.